The topological polar surface area (TPSA) is 26.0 Å². The highest BCUT2D eigenvalue weighted by atomic mass is 35.5. The first-order chi connectivity index (χ1) is 6.03. The first-order valence-electron chi connectivity index (χ1n) is 3.97. The van der Waals surface area contributed by atoms with Crippen molar-refractivity contribution in [3.05, 3.63) is 34.4 Å². The summed E-state index contributed by atoms with van der Waals surface area (Å²) >= 11 is 5.48. The van der Waals surface area contributed by atoms with E-state index in [9.17, 15) is 8.78 Å². The van der Waals surface area contributed by atoms with Gasteiger partial charge in [-0.15, -0.1) is 0 Å². The Morgan fingerprint density at radius 1 is 1.31 bits per heavy atom. The van der Waals surface area contributed by atoms with Gasteiger partial charge in [0.2, 0.25) is 0 Å². The molecule has 0 spiro atoms. The van der Waals surface area contributed by atoms with Crippen LogP contribution in [0.4, 0.5) is 8.78 Å². The summed E-state index contributed by atoms with van der Waals surface area (Å²) in [5.74, 6) is -1.14. The lowest BCUT2D eigenvalue weighted by Crippen LogP contribution is -2.20. The van der Waals surface area contributed by atoms with Gasteiger partial charge in [0.15, 0.2) is 0 Å². The lowest BCUT2D eigenvalue weighted by atomic mass is 10.1. The Labute approximate surface area is 79.5 Å². The number of hydrogen-bond donors (Lipinski definition) is 1. The van der Waals surface area contributed by atoms with Crippen molar-refractivity contribution in [2.24, 2.45) is 5.73 Å². The van der Waals surface area contributed by atoms with Crippen LogP contribution in [0.25, 0.3) is 0 Å². The van der Waals surface area contributed by atoms with Gasteiger partial charge in [0.1, 0.15) is 11.6 Å². The van der Waals surface area contributed by atoms with Crippen molar-refractivity contribution in [2.45, 2.75) is 18.4 Å². The van der Waals surface area contributed by atoms with E-state index in [1.54, 1.807) is 0 Å². The van der Waals surface area contributed by atoms with Crippen LogP contribution in [-0.4, -0.2) is 0 Å². The lowest BCUT2D eigenvalue weighted by molar-refractivity contribution is 0.559. The van der Waals surface area contributed by atoms with Gasteiger partial charge >= 0.3 is 0 Å². The quantitative estimate of drug-likeness (QED) is 0.698. The SMILES string of the molecule is NC1(c2cc(F)cc(Cl)c2F)CC1. The molecule has 70 valence electrons. The Bertz CT molecular complexity index is 361. The predicted molar refractivity (Wildman–Crippen MR) is 46.5 cm³/mol. The largest absolute Gasteiger partial charge is 0.321 e. The van der Waals surface area contributed by atoms with Crippen molar-refractivity contribution in [2.75, 3.05) is 0 Å². The van der Waals surface area contributed by atoms with Gasteiger partial charge in [-0.1, -0.05) is 11.6 Å². The van der Waals surface area contributed by atoms with Gasteiger partial charge in [-0.05, 0) is 25.0 Å². The van der Waals surface area contributed by atoms with E-state index in [0.717, 1.165) is 12.1 Å². The van der Waals surface area contributed by atoms with Gasteiger partial charge in [-0.25, -0.2) is 8.78 Å². The summed E-state index contributed by atoms with van der Waals surface area (Å²) in [5.41, 5.74) is 5.25. The predicted octanol–water partition coefficient (Wildman–Crippen LogP) is 2.57. The molecule has 0 aliphatic heterocycles. The van der Waals surface area contributed by atoms with Crippen LogP contribution in [-0.2, 0) is 5.54 Å². The molecule has 0 unspecified atom stereocenters. The molecule has 2 N–H and O–H groups in total. The molecule has 0 atom stereocenters. The van der Waals surface area contributed by atoms with Crippen LogP contribution in [0.5, 0.6) is 0 Å². The molecule has 1 fully saturated rings. The van der Waals surface area contributed by atoms with Crippen molar-refractivity contribution in [1.82, 2.24) is 0 Å². The summed E-state index contributed by atoms with van der Waals surface area (Å²) in [6.07, 6.45) is 1.37. The van der Waals surface area contributed by atoms with Crippen LogP contribution < -0.4 is 5.73 Å². The second kappa shape index (κ2) is 2.66. The van der Waals surface area contributed by atoms with Gasteiger partial charge in [0, 0.05) is 11.1 Å². The Morgan fingerprint density at radius 3 is 2.46 bits per heavy atom. The first kappa shape index (κ1) is 8.91. The van der Waals surface area contributed by atoms with Gasteiger partial charge < -0.3 is 5.73 Å². The van der Waals surface area contributed by atoms with Crippen LogP contribution >= 0.6 is 11.6 Å². The number of benzene rings is 1. The summed E-state index contributed by atoms with van der Waals surface area (Å²) < 4.78 is 26.2. The van der Waals surface area contributed by atoms with Crippen molar-refractivity contribution in [3.63, 3.8) is 0 Å². The molecule has 0 radical (unpaired) electrons. The zero-order valence-electron chi connectivity index (χ0n) is 6.78. The number of nitrogens with two attached hydrogens (primary N) is 1. The summed E-state index contributed by atoms with van der Waals surface area (Å²) in [6.45, 7) is 0. The average Bonchev–Trinajstić information content (AvgIpc) is 2.77. The monoisotopic (exact) mass is 203 g/mol. The molecule has 4 heteroatoms. The first-order valence-corrected chi connectivity index (χ1v) is 4.35. The maximum atomic E-state index is 13.3. The van der Waals surface area contributed by atoms with E-state index in [1.165, 1.54) is 0 Å². The number of hydrogen-bond acceptors (Lipinski definition) is 1. The van der Waals surface area contributed by atoms with Crippen molar-refractivity contribution < 1.29 is 8.78 Å². The second-order valence-electron chi connectivity index (χ2n) is 3.41. The minimum atomic E-state index is -0.685. The van der Waals surface area contributed by atoms with E-state index in [-0.39, 0.29) is 10.6 Å². The summed E-state index contributed by atoms with van der Waals surface area (Å²) in [7, 11) is 0. The van der Waals surface area contributed by atoms with E-state index >= 15 is 0 Å². The molecule has 1 aliphatic carbocycles. The van der Waals surface area contributed by atoms with Crippen LogP contribution in [0.2, 0.25) is 5.02 Å². The molecule has 1 aromatic rings. The zero-order valence-corrected chi connectivity index (χ0v) is 7.54. The Kier molecular flexibility index (Phi) is 1.82. The van der Waals surface area contributed by atoms with Gasteiger partial charge in [-0.3, -0.25) is 0 Å². The molecule has 0 aromatic heterocycles. The van der Waals surface area contributed by atoms with Gasteiger partial charge in [0.05, 0.1) is 5.02 Å². The fraction of sp³-hybridized carbons (Fsp3) is 0.333. The van der Waals surface area contributed by atoms with E-state index < -0.39 is 17.2 Å². The maximum absolute atomic E-state index is 13.3. The van der Waals surface area contributed by atoms with Crippen LogP contribution in [0.3, 0.4) is 0 Å². The minimum Gasteiger partial charge on any atom is -0.321 e. The van der Waals surface area contributed by atoms with Crippen molar-refractivity contribution in [1.29, 1.82) is 0 Å². The molecule has 1 aliphatic rings. The van der Waals surface area contributed by atoms with Gasteiger partial charge in [-0.2, -0.15) is 0 Å². The highest BCUT2D eigenvalue weighted by molar-refractivity contribution is 6.30. The summed E-state index contributed by atoms with van der Waals surface area (Å²) in [4.78, 5) is 0. The minimum absolute atomic E-state index is 0.192. The molecule has 0 bridgehead atoms. The fourth-order valence-corrected chi connectivity index (χ4v) is 1.53. The van der Waals surface area contributed by atoms with Crippen molar-refractivity contribution in [3.8, 4) is 0 Å². The average molecular weight is 204 g/mol. The smallest absolute Gasteiger partial charge is 0.147 e. The normalized spacial score (nSPS) is 18.8. The molecule has 1 saturated carbocycles. The highest BCUT2D eigenvalue weighted by Gasteiger charge is 2.42. The third kappa shape index (κ3) is 1.42. The molecular formula is C9H8ClF2N. The molecule has 0 amide bonds. The standard InChI is InChI=1S/C9H8ClF2N/c10-7-4-5(11)3-6(8(7)12)9(13)1-2-9/h3-4H,1-2,13H2. The number of rotatable bonds is 1. The van der Waals surface area contributed by atoms with Crippen molar-refractivity contribution >= 4 is 11.6 Å². The molecule has 1 nitrogen and oxygen atoms in total. The second-order valence-corrected chi connectivity index (χ2v) is 3.81. The molecule has 1 aromatic carbocycles. The van der Waals surface area contributed by atoms with Crippen LogP contribution in [0.1, 0.15) is 18.4 Å². The fourth-order valence-electron chi connectivity index (χ4n) is 1.32. The molecule has 2 rings (SSSR count). The van der Waals surface area contributed by atoms with E-state index in [2.05, 4.69) is 0 Å². The number of halogens is 3. The van der Waals surface area contributed by atoms with Crippen LogP contribution in [0.15, 0.2) is 12.1 Å². The molecule has 0 heterocycles. The summed E-state index contributed by atoms with van der Waals surface area (Å²) in [5, 5.41) is -0.202. The molecule has 13 heavy (non-hydrogen) atoms. The Balaban J connectivity index is 2.56. The third-order valence-corrected chi connectivity index (χ3v) is 2.59. The molecular weight excluding hydrogens is 196 g/mol. The van der Waals surface area contributed by atoms with Gasteiger partial charge in [0.25, 0.3) is 0 Å². The summed E-state index contributed by atoms with van der Waals surface area (Å²) in [6, 6.07) is 2.07. The van der Waals surface area contributed by atoms with E-state index in [4.69, 9.17) is 17.3 Å². The van der Waals surface area contributed by atoms with Crippen LogP contribution in [0, 0.1) is 11.6 Å². The zero-order chi connectivity index (χ0) is 9.64. The Morgan fingerprint density at radius 2 is 1.92 bits per heavy atom. The highest BCUT2D eigenvalue weighted by Crippen LogP contribution is 2.44. The van der Waals surface area contributed by atoms with E-state index in [0.29, 0.717) is 12.8 Å². The maximum Gasteiger partial charge on any atom is 0.147 e. The third-order valence-electron chi connectivity index (χ3n) is 2.32. The lowest BCUT2D eigenvalue weighted by Gasteiger charge is -2.11. The molecule has 0 saturated heterocycles. The van der Waals surface area contributed by atoms with E-state index in [1.807, 2.05) is 0 Å². The Hall–Kier alpha value is -0.670.